The summed E-state index contributed by atoms with van der Waals surface area (Å²) in [5, 5.41) is 3.44. The average molecular weight is 352 g/mol. The van der Waals surface area contributed by atoms with Crippen LogP contribution in [-0.2, 0) is 16.4 Å². The van der Waals surface area contributed by atoms with E-state index in [-0.39, 0.29) is 5.16 Å². The first-order valence-corrected chi connectivity index (χ1v) is 9.11. The number of imidazole rings is 1. The number of anilines is 2. The molecule has 0 radical (unpaired) electrons. The number of aryl methyl sites for hydroxylation is 1. The van der Waals surface area contributed by atoms with Crippen LogP contribution in [0.5, 0.6) is 0 Å². The van der Waals surface area contributed by atoms with Gasteiger partial charge in [0.1, 0.15) is 0 Å². The van der Waals surface area contributed by atoms with Gasteiger partial charge < -0.3 is 9.88 Å². The highest BCUT2D eigenvalue weighted by Crippen LogP contribution is 2.25. The van der Waals surface area contributed by atoms with E-state index in [0.717, 1.165) is 11.9 Å². The van der Waals surface area contributed by atoms with Gasteiger partial charge >= 0.3 is 0 Å². The van der Waals surface area contributed by atoms with E-state index in [9.17, 15) is 8.42 Å². The Kier molecular flexibility index (Phi) is 3.95. The van der Waals surface area contributed by atoms with Crippen molar-refractivity contribution < 1.29 is 8.42 Å². The molecule has 0 atom stereocenters. The lowest BCUT2D eigenvalue weighted by atomic mass is 10.3. The number of halogens is 1. The molecule has 3 aromatic rings. The number of nitrogens with zero attached hydrogens (tertiary/aromatic N) is 4. The second kappa shape index (κ2) is 5.78. The van der Waals surface area contributed by atoms with E-state index in [1.807, 2.05) is 6.92 Å². The van der Waals surface area contributed by atoms with Crippen molar-refractivity contribution >= 4 is 44.1 Å². The zero-order valence-corrected chi connectivity index (χ0v) is 14.1. The summed E-state index contributed by atoms with van der Waals surface area (Å²) in [6, 6.07) is 7.00. The smallest absolute Gasteiger partial charge is 0.250 e. The Bertz CT molecular complexity index is 967. The van der Waals surface area contributed by atoms with Gasteiger partial charge in [0.05, 0.1) is 6.33 Å². The number of benzene rings is 1. The third kappa shape index (κ3) is 3.13. The zero-order valence-electron chi connectivity index (χ0n) is 12.5. The summed E-state index contributed by atoms with van der Waals surface area (Å²) >= 11 is 5.87. The first kappa shape index (κ1) is 15.7. The van der Waals surface area contributed by atoms with E-state index in [2.05, 4.69) is 20.3 Å². The highest BCUT2D eigenvalue weighted by Gasteiger charge is 2.18. The highest BCUT2D eigenvalue weighted by atomic mass is 35.5. The predicted octanol–water partition coefficient (Wildman–Crippen LogP) is 2.65. The molecule has 9 heteroatoms. The minimum Gasteiger partial charge on any atom is -0.338 e. The molecule has 0 bridgehead atoms. The van der Waals surface area contributed by atoms with E-state index in [1.54, 1.807) is 35.2 Å². The summed E-state index contributed by atoms with van der Waals surface area (Å²) in [5.41, 5.74) is 1.70. The quantitative estimate of drug-likeness (QED) is 0.727. The summed E-state index contributed by atoms with van der Waals surface area (Å²) in [5.74, 6) is 0.338. The van der Waals surface area contributed by atoms with Crippen LogP contribution < -0.4 is 5.32 Å². The molecule has 0 fully saturated rings. The van der Waals surface area contributed by atoms with E-state index in [1.165, 1.54) is 0 Å². The summed E-state index contributed by atoms with van der Waals surface area (Å²) < 4.78 is 25.5. The van der Waals surface area contributed by atoms with E-state index in [0.29, 0.717) is 28.5 Å². The molecule has 0 aliphatic heterocycles. The third-order valence-corrected chi connectivity index (χ3v) is 4.32. The molecule has 1 aromatic carbocycles. The highest BCUT2D eigenvalue weighted by molar-refractivity contribution is 7.90. The fourth-order valence-corrected chi connectivity index (χ4v) is 2.71. The van der Waals surface area contributed by atoms with Gasteiger partial charge in [-0.05, 0) is 31.2 Å². The Hall–Kier alpha value is -2.19. The Morgan fingerprint density at radius 1 is 1.22 bits per heavy atom. The molecular weight excluding hydrogens is 338 g/mol. The average Bonchev–Trinajstić information content (AvgIpc) is 2.92. The zero-order chi connectivity index (χ0) is 16.6. The number of hydrogen-bond donors (Lipinski definition) is 1. The van der Waals surface area contributed by atoms with Crippen LogP contribution in [0.25, 0.3) is 11.2 Å². The van der Waals surface area contributed by atoms with Gasteiger partial charge in [-0.2, -0.15) is 9.97 Å². The maximum absolute atomic E-state index is 11.8. The number of fused-ring (bicyclic) bond motifs is 1. The number of sulfone groups is 1. The molecule has 7 nitrogen and oxygen atoms in total. The molecular formula is C14H14ClN5O2S. The first-order chi connectivity index (χ1) is 10.9. The standard InChI is InChI=1S/C14H14ClN5O2S/c1-3-20-8-16-11-12(17-10-6-4-9(15)5-7-10)18-14(19-13(11)20)23(2,21)22/h4-8H,3H2,1-2H3,(H,17,18,19). The van der Waals surface area contributed by atoms with Crippen molar-refractivity contribution in [3.8, 4) is 0 Å². The Balaban J connectivity index is 2.17. The number of hydrogen-bond acceptors (Lipinski definition) is 6. The Morgan fingerprint density at radius 2 is 1.91 bits per heavy atom. The predicted molar refractivity (Wildman–Crippen MR) is 88.8 cm³/mol. The molecule has 0 saturated carbocycles. The van der Waals surface area contributed by atoms with Gasteiger partial charge in [0, 0.05) is 23.5 Å². The van der Waals surface area contributed by atoms with E-state index in [4.69, 9.17) is 11.6 Å². The first-order valence-electron chi connectivity index (χ1n) is 6.84. The van der Waals surface area contributed by atoms with Gasteiger partial charge in [-0.1, -0.05) is 11.6 Å². The molecule has 0 unspecified atom stereocenters. The minimum atomic E-state index is -3.54. The van der Waals surface area contributed by atoms with Gasteiger partial charge in [0.25, 0.3) is 5.16 Å². The van der Waals surface area contributed by atoms with Crippen molar-refractivity contribution in [2.75, 3.05) is 11.6 Å². The minimum absolute atomic E-state index is 0.239. The topological polar surface area (TPSA) is 89.8 Å². The van der Waals surface area contributed by atoms with Crippen molar-refractivity contribution in [3.63, 3.8) is 0 Å². The van der Waals surface area contributed by atoms with Crippen LogP contribution in [0.4, 0.5) is 11.5 Å². The van der Waals surface area contributed by atoms with Crippen LogP contribution in [0, 0.1) is 0 Å². The molecule has 0 amide bonds. The normalized spacial score (nSPS) is 11.8. The molecule has 0 spiro atoms. The van der Waals surface area contributed by atoms with Gasteiger partial charge in [0.2, 0.25) is 9.84 Å². The van der Waals surface area contributed by atoms with Crippen LogP contribution >= 0.6 is 11.6 Å². The molecule has 0 aliphatic rings. The lowest BCUT2D eigenvalue weighted by Gasteiger charge is -2.08. The van der Waals surface area contributed by atoms with Crippen LogP contribution in [0.2, 0.25) is 5.02 Å². The molecule has 2 heterocycles. The van der Waals surface area contributed by atoms with E-state index < -0.39 is 9.84 Å². The van der Waals surface area contributed by atoms with Gasteiger partial charge in [0.15, 0.2) is 17.0 Å². The maximum Gasteiger partial charge on any atom is 0.250 e. The third-order valence-electron chi connectivity index (χ3n) is 3.22. The monoisotopic (exact) mass is 351 g/mol. The Labute approximate surface area is 138 Å². The molecule has 0 saturated heterocycles. The second-order valence-corrected chi connectivity index (χ2v) is 7.31. The molecule has 1 N–H and O–H groups in total. The summed E-state index contributed by atoms with van der Waals surface area (Å²) in [7, 11) is -3.54. The van der Waals surface area contributed by atoms with Crippen LogP contribution in [0.1, 0.15) is 6.92 Å². The molecule has 2 aromatic heterocycles. The number of nitrogens with one attached hydrogen (secondary N) is 1. The largest absolute Gasteiger partial charge is 0.338 e. The fraction of sp³-hybridized carbons (Fsp3) is 0.214. The van der Waals surface area contributed by atoms with Crippen LogP contribution in [-0.4, -0.2) is 34.2 Å². The fourth-order valence-electron chi connectivity index (χ4n) is 2.08. The van der Waals surface area contributed by atoms with Crippen LogP contribution in [0.3, 0.4) is 0 Å². The van der Waals surface area contributed by atoms with Crippen molar-refractivity contribution in [1.29, 1.82) is 0 Å². The maximum atomic E-state index is 11.8. The van der Waals surface area contributed by atoms with Crippen molar-refractivity contribution in [2.45, 2.75) is 18.6 Å². The lowest BCUT2D eigenvalue weighted by molar-refractivity contribution is 0.593. The van der Waals surface area contributed by atoms with Crippen molar-refractivity contribution in [3.05, 3.63) is 35.6 Å². The van der Waals surface area contributed by atoms with Crippen molar-refractivity contribution in [1.82, 2.24) is 19.5 Å². The summed E-state index contributed by atoms with van der Waals surface area (Å²) in [4.78, 5) is 12.5. The lowest BCUT2D eigenvalue weighted by Crippen LogP contribution is -2.08. The summed E-state index contributed by atoms with van der Waals surface area (Å²) in [6.45, 7) is 2.55. The molecule has 120 valence electrons. The van der Waals surface area contributed by atoms with Gasteiger partial charge in [-0.25, -0.2) is 13.4 Å². The van der Waals surface area contributed by atoms with Crippen molar-refractivity contribution in [2.24, 2.45) is 0 Å². The van der Waals surface area contributed by atoms with Gasteiger partial charge in [-0.3, -0.25) is 0 Å². The number of aromatic nitrogens is 4. The van der Waals surface area contributed by atoms with E-state index >= 15 is 0 Å². The Morgan fingerprint density at radius 3 is 2.52 bits per heavy atom. The van der Waals surface area contributed by atoms with Crippen LogP contribution in [0.15, 0.2) is 35.7 Å². The second-order valence-electron chi connectivity index (χ2n) is 4.96. The molecule has 3 rings (SSSR count). The molecule has 0 aliphatic carbocycles. The summed E-state index contributed by atoms with van der Waals surface area (Å²) in [6.07, 6.45) is 2.69. The SMILES string of the molecule is CCn1cnc2c(Nc3ccc(Cl)cc3)nc(S(C)(=O)=O)nc21. The number of rotatable bonds is 4. The van der Waals surface area contributed by atoms with Gasteiger partial charge in [-0.15, -0.1) is 0 Å². The molecule has 23 heavy (non-hydrogen) atoms.